The summed E-state index contributed by atoms with van der Waals surface area (Å²) >= 11 is 0. The molecule has 0 aliphatic heterocycles. The number of ketones is 1. The second-order valence-corrected chi connectivity index (χ2v) is 5.87. The molecule has 1 aliphatic carbocycles. The van der Waals surface area contributed by atoms with Crippen LogP contribution in [-0.2, 0) is 9.53 Å². The minimum Gasteiger partial charge on any atom is -0.446 e. The molecule has 0 saturated heterocycles. The van der Waals surface area contributed by atoms with E-state index in [1.54, 1.807) is 0 Å². The Kier molecular flexibility index (Phi) is 4.54. The number of carbonyl (C=O) groups excluding carboxylic acids is 2. The van der Waals surface area contributed by atoms with Gasteiger partial charge in [-0.1, -0.05) is 20.8 Å². The van der Waals surface area contributed by atoms with Crippen molar-refractivity contribution < 1.29 is 14.3 Å². The van der Waals surface area contributed by atoms with Gasteiger partial charge in [0.2, 0.25) is 0 Å². The number of ether oxygens (including phenoxy) is 1. The Morgan fingerprint density at radius 2 is 1.76 bits per heavy atom. The quantitative estimate of drug-likeness (QED) is 0.826. The third-order valence-electron chi connectivity index (χ3n) is 3.11. The predicted octanol–water partition coefficient (Wildman–Crippen LogP) is 2.66. The first kappa shape index (κ1) is 14.0. The maximum atomic E-state index is 11.7. The van der Waals surface area contributed by atoms with Crippen LogP contribution in [0.25, 0.3) is 0 Å². The average molecular weight is 241 g/mol. The third-order valence-corrected chi connectivity index (χ3v) is 3.11. The Hall–Kier alpha value is -1.06. The normalized spacial score (nSPS) is 18.8. The van der Waals surface area contributed by atoms with Gasteiger partial charge in [-0.2, -0.15) is 0 Å². The summed E-state index contributed by atoms with van der Waals surface area (Å²) in [7, 11) is 0. The number of carbonyl (C=O) groups is 2. The molecule has 98 valence electrons. The first-order chi connectivity index (χ1) is 7.80. The largest absolute Gasteiger partial charge is 0.446 e. The van der Waals surface area contributed by atoms with Crippen LogP contribution >= 0.6 is 0 Å². The number of nitrogens with one attached hydrogen (secondary N) is 1. The van der Waals surface area contributed by atoms with Gasteiger partial charge in [-0.15, -0.1) is 0 Å². The highest BCUT2D eigenvalue weighted by Gasteiger charge is 2.31. The van der Waals surface area contributed by atoms with E-state index in [9.17, 15) is 9.59 Å². The molecule has 1 atom stereocenters. The predicted molar refractivity (Wildman–Crippen MR) is 65.8 cm³/mol. The Morgan fingerprint density at radius 1 is 1.24 bits per heavy atom. The van der Waals surface area contributed by atoms with Crippen molar-refractivity contribution in [1.29, 1.82) is 0 Å². The summed E-state index contributed by atoms with van der Waals surface area (Å²) in [6, 6.07) is -0.489. The average Bonchev–Trinajstić information content (AvgIpc) is 2.64. The maximum absolute atomic E-state index is 11.7. The van der Waals surface area contributed by atoms with Gasteiger partial charge >= 0.3 is 6.09 Å². The number of hydrogen-bond acceptors (Lipinski definition) is 3. The van der Waals surface area contributed by atoms with Crippen LogP contribution in [0.1, 0.15) is 53.4 Å². The van der Waals surface area contributed by atoms with E-state index in [0.29, 0.717) is 0 Å². The molecule has 1 N–H and O–H groups in total. The highest BCUT2D eigenvalue weighted by atomic mass is 16.6. The van der Waals surface area contributed by atoms with Crippen LogP contribution in [0.4, 0.5) is 4.79 Å². The van der Waals surface area contributed by atoms with Crippen LogP contribution in [0.2, 0.25) is 0 Å². The zero-order chi connectivity index (χ0) is 13.1. The lowest BCUT2D eigenvalue weighted by Crippen LogP contribution is -2.48. The summed E-state index contributed by atoms with van der Waals surface area (Å²) in [5, 5.41) is 2.67. The molecule has 0 aromatic rings. The molecular weight excluding hydrogens is 218 g/mol. The highest BCUT2D eigenvalue weighted by molar-refractivity contribution is 5.86. The Balaban J connectivity index is 2.49. The molecule has 0 bridgehead atoms. The zero-order valence-corrected chi connectivity index (χ0v) is 11.2. The number of hydrogen-bond donors (Lipinski definition) is 1. The number of rotatable bonds is 3. The molecule has 1 fully saturated rings. The van der Waals surface area contributed by atoms with Crippen molar-refractivity contribution in [3.05, 3.63) is 0 Å². The van der Waals surface area contributed by atoms with E-state index in [1.807, 2.05) is 20.8 Å². The first-order valence-electron chi connectivity index (χ1n) is 6.28. The summed E-state index contributed by atoms with van der Waals surface area (Å²) < 4.78 is 5.28. The number of amides is 1. The van der Waals surface area contributed by atoms with Crippen molar-refractivity contribution in [2.75, 3.05) is 0 Å². The highest BCUT2D eigenvalue weighted by Crippen LogP contribution is 2.23. The lowest BCUT2D eigenvalue weighted by molar-refractivity contribution is -0.121. The maximum Gasteiger partial charge on any atom is 0.408 e. The monoisotopic (exact) mass is 241 g/mol. The molecule has 1 amide bonds. The second kappa shape index (κ2) is 5.52. The van der Waals surface area contributed by atoms with Crippen molar-refractivity contribution in [3.63, 3.8) is 0 Å². The molecular formula is C13H23NO3. The van der Waals surface area contributed by atoms with Crippen molar-refractivity contribution in [2.24, 2.45) is 5.41 Å². The van der Waals surface area contributed by atoms with Crippen LogP contribution < -0.4 is 5.32 Å². The van der Waals surface area contributed by atoms with E-state index in [4.69, 9.17) is 4.74 Å². The fourth-order valence-electron chi connectivity index (χ4n) is 2.24. The summed E-state index contributed by atoms with van der Waals surface area (Å²) in [4.78, 5) is 23.2. The van der Waals surface area contributed by atoms with Crippen molar-refractivity contribution in [1.82, 2.24) is 5.32 Å². The van der Waals surface area contributed by atoms with Gasteiger partial charge < -0.3 is 10.1 Å². The molecule has 0 aromatic carbocycles. The van der Waals surface area contributed by atoms with Crippen molar-refractivity contribution in [2.45, 2.75) is 65.5 Å². The molecule has 0 unspecified atom stereocenters. The lowest BCUT2D eigenvalue weighted by Gasteiger charge is -2.29. The van der Waals surface area contributed by atoms with Crippen LogP contribution in [-0.4, -0.2) is 24.0 Å². The molecule has 0 heterocycles. The minimum absolute atomic E-state index is 0.0302. The Labute approximate surface area is 103 Å². The van der Waals surface area contributed by atoms with Gasteiger partial charge in [0.15, 0.2) is 5.78 Å². The number of Topliss-reactive ketones (excluding diaryl/α,β-unsaturated/α-hetero) is 1. The fourth-order valence-corrected chi connectivity index (χ4v) is 2.24. The molecule has 0 aromatic heterocycles. The van der Waals surface area contributed by atoms with Gasteiger partial charge in [0.05, 0.1) is 6.04 Å². The van der Waals surface area contributed by atoms with Gasteiger partial charge in [-0.3, -0.25) is 4.79 Å². The Morgan fingerprint density at radius 3 is 2.18 bits per heavy atom. The Bertz CT molecular complexity index is 288. The number of alkyl carbamates (subject to hydrolysis) is 1. The summed E-state index contributed by atoms with van der Waals surface area (Å²) in [5.74, 6) is -0.0409. The van der Waals surface area contributed by atoms with E-state index in [0.717, 1.165) is 25.7 Å². The van der Waals surface area contributed by atoms with Gasteiger partial charge in [0, 0.05) is 0 Å². The van der Waals surface area contributed by atoms with E-state index in [2.05, 4.69) is 5.32 Å². The summed E-state index contributed by atoms with van der Waals surface area (Å²) in [6.07, 6.45) is 3.68. The zero-order valence-electron chi connectivity index (χ0n) is 11.2. The minimum atomic E-state index is -0.489. The van der Waals surface area contributed by atoms with Crippen molar-refractivity contribution >= 4 is 11.9 Å². The van der Waals surface area contributed by atoms with Crippen LogP contribution in [0.3, 0.4) is 0 Å². The van der Waals surface area contributed by atoms with E-state index < -0.39 is 12.1 Å². The van der Waals surface area contributed by atoms with Gasteiger partial charge in [-0.05, 0) is 38.0 Å². The van der Waals surface area contributed by atoms with Crippen LogP contribution in [0, 0.1) is 5.41 Å². The standard InChI is InChI=1S/C13H23NO3/c1-9(15)11(13(2,3)4)14-12(16)17-10-7-5-6-8-10/h10-11H,5-8H2,1-4H3,(H,14,16)/t11-/m1/s1. The van der Waals surface area contributed by atoms with Crippen molar-refractivity contribution in [3.8, 4) is 0 Å². The molecule has 0 spiro atoms. The first-order valence-corrected chi connectivity index (χ1v) is 6.28. The molecule has 4 heteroatoms. The van der Waals surface area contributed by atoms with Gasteiger partial charge in [-0.25, -0.2) is 4.79 Å². The SMILES string of the molecule is CC(=O)[C@@H](NC(=O)OC1CCCC1)C(C)(C)C. The van der Waals surface area contributed by atoms with Crippen LogP contribution in [0.15, 0.2) is 0 Å². The molecule has 1 saturated carbocycles. The molecule has 4 nitrogen and oxygen atoms in total. The topological polar surface area (TPSA) is 55.4 Å². The van der Waals surface area contributed by atoms with Crippen LogP contribution in [0.5, 0.6) is 0 Å². The van der Waals surface area contributed by atoms with Gasteiger partial charge in [0.1, 0.15) is 6.10 Å². The van der Waals surface area contributed by atoms with E-state index in [-0.39, 0.29) is 17.3 Å². The second-order valence-electron chi connectivity index (χ2n) is 5.87. The summed E-state index contributed by atoms with van der Waals surface area (Å²) in [5.41, 5.74) is -0.291. The third kappa shape index (κ3) is 4.36. The van der Waals surface area contributed by atoms with Gasteiger partial charge in [0.25, 0.3) is 0 Å². The van der Waals surface area contributed by atoms with E-state index in [1.165, 1.54) is 6.92 Å². The van der Waals surface area contributed by atoms with E-state index >= 15 is 0 Å². The molecule has 1 aliphatic rings. The summed E-state index contributed by atoms with van der Waals surface area (Å²) in [6.45, 7) is 7.27. The smallest absolute Gasteiger partial charge is 0.408 e. The fraction of sp³-hybridized carbons (Fsp3) is 0.846. The lowest BCUT2D eigenvalue weighted by atomic mass is 9.85. The molecule has 0 radical (unpaired) electrons. The molecule has 1 rings (SSSR count). The molecule has 17 heavy (non-hydrogen) atoms.